The Bertz CT molecular complexity index is 347. The summed E-state index contributed by atoms with van der Waals surface area (Å²) in [6.07, 6.45) is 18.8. The minimum absolute atomic E-state index is 0.424. The highest BCUT2D eigenvalue weighted by atomic mass is 16.1. The average Bonchev–Trinajstić information content (AvgIpc) is 2.56. The van der Waals surface area contributed by atoms with E-state index in [2.05, 4.69) is 6.92 Å². The van der Waals surface area contributed by atoms with Crippen LogP contribution in [-0.2, 0) is 4.79 Å². The van der Waals surface area contributed by atoms with Gasteiger partial charge in [0, 0.05) is 11.8 Å². The summed E-state index contributed by atoms with van der Waals surface area (Å²) < 4.78 is 0. The van der Waals surface area contributed by atoms with Crippen molar-refractivity contribution < 1.29 is 4.79 Å². The standard InChI is InChI=1S/C21H36O/c1-16-11-13-18(14-12-16)21(22)20-10-6-5-9-19(20)15-17-7-3-2-4-8-17/h16-20H,2-15H2,1H3/t16?,18?,19-,20-/m0/s1. The van der Waals surface area contributed by atoms with Crippen LogP contribution in [0.25, 0.3) is 0 Å². The molecule has 3 aliphatic carbocycles. The number of Topliss-reactive ketones (excluding diaryl/α,β-unsaturated/α-hetero) is 1. The van der Waals surface area contributed by atoms with Gasteiger partial charge in [0.2, 0.25) is 0 Å². The molecule has 22 heavy (non-hydrogen) atoms. The predicted octanol–water partition coefficient (Wildman–Crippen LogP) is 6.16. The van der Waals surface area contributed by atoms with Gasteiger partial charge in [-0.05, 0) is 49.9 Å². The lowest BCUT2D eigenvalue weighted by Gasteiger charge is -2.37. The first-order valence-electron chi connectivity index (χ1n) is 10.3. The van der Waals surface area contributed by atoms with E-state index in [0.29, 0.717) is 17.6 Å². The first-order chi connectivity index (χ1) is 10.7. The molecule has 3 aliphatic rings. The molecule has 0 N–H and O–H groups in total. The van der Waals surface area contributed by atoms with Crippen molar-refractivity contribution in [1.82, 2.24) is 0 Å². The van der Waals surface area contributed by atoms with Gasteiger partial charge in [0.15, 0.2) is 0 Å². The molecule has 0 heterocycles. The van der Waals surface area contributed by atoms with Crippen molar-refractivity contribution >= 4 is 5.78 Å². The number of hydrogen-bond acceptors (Lipinski definition) is 1. The first kappa shape index (κ1) is 16.5. The fraction of sp³-hybridized carbons (Fsp3) is 0.952. The molecule has 126 valence electrons. The normalized spacial score (nSPS) is 37.9. The minimum atomic E-state index is 0.424. The van der Waals surface area contributed by atoms with Gasteiger partial charge in [-0.2, -0.15) is 0 Å². The Hall–Kier alpha value is -0.330. The molecule has 0 unspecified atom stereocenters. The molecule has 1 nitrogen and oxygen atoms in total. The Kier molecular flexibility index (Phi) is 5.99. The molecule has 1 heteroatoms. The second-order valence-electron chi connectivity index (χ2n) is 8.75. The summed E-state index contributed by atoms with van der Waals surface area (Å²) in [5.74, 6) is 4.09. The molecule has 0 aromatic carbocycles. The van der Waals surface area contributed by atoms with Crippen LogP contribution in [0.1, 0.15) is 96.8 Å². The zero-order chi connectivity index (χ0) is 15.4. The highest BCUT2D eigenvalue weighted by molar-refractivity contribution is 5.83. The van der Waals surface area contributed by atoms with E-state index in [-0.39, 0.29) is 0 Å². The highest BCUT2D eigenvalue weighted by Crippen LogP contribution is 2.41. The van der Waals surface area contributed by atoms with E-state index in [0.717, 1.165) is 17.8 Å². The van der Waals surface area contributed by atoms with Gasteiger partial charge in [-0.15, -0.1) is 0 Å². The molecular formula is C21H36O. The van der Waals surface area contributed by atoms with Crippen LogP contribution in [0.4, 0.5) is 0 Å². The van der Waals surface area contributed by atoms with Gasteiger partial charge in [0.25, 0.3) is 0 Å². The summed E-state index contributed by atoms with van der Waals surface area (Å²) in [7, 11) is 0. The summed E-state index contributed by atoms with van der Waals surface area (Å²) in [4.78, 5) is 13.1. The molecule has 3 rings (SSSR count). The monoisotopic (exact) mass is 304 g/mol. The Morgan fingerprint density at radius 2 is 1.41 bits per heavy atom. The SMILES string of the molecule is CC1CCC(C(=O)[C@H]2CCCC[C@H]2CC2CCCCC2)CC1. The van der Waals surface area contributed by atoms with Crippen LogP contribution >= 0.6 is 0 Å². The smallest absolute Gasteiger partial charge is 0.139 e. The van der Waals surface area contributed by atoms with Crippen LogP contribution in [0.2, 0.25) is 0 Å². The summed E-state index contributed by atoms with van der Waals surface area (Å²) in [6.45, 7) is 2.35. The molecule has 0 radical (unpaired) electrons. The quantitative estimate of drug-likeness (QED) is 0.608. The lowest BCUT2D eigenvalue weighted by molar-refractivity contribution is -0.131. The summed E-state index contributed by atoms with van der Waals surface area (Å²) in [5, 5.41) is 0. The maximum absolute atomic E-state index is 13.1. The summed E-state index contributed by atoms with van der Waals surface area (Å²) >= 11 is 0. The highest BCUT2D eigenvalue weighted by Gasteiger charge is 2.36. The van der Waals surface area contributed by atoms with E-state index in [9.17, 15) is 4.79 Å². The van der Waals surface area contributed by atoms with Gasteiger partial charge >= 0.3 is 0 Å². The minimum Gasteiger partial charge on any atom is -0.299 e. The van der Waals surface area contributed by atoms with Gasteiger partial charge in [0.1, 0.15) is 5.78 Å². The van der Waals surface area contributed by atoms with Crippen molar-refractivity contribution in [1.29, 1.82) is 0 Å². The second-order valence-corrected chi connectivity index (χ2v) is 8.75. The zero-order valence-electron chi connectivity index (χ0n) is 14.7. The van der Waals surface area contributed by atoms with E-state index in [1.54, 1.807) is 0 Å². The topological polar surface area (TPSA) is 17.1 Å². The molecule has 0 aromatic heterocycles. The third-order valence-electron chi connectivity index (χ3n) is 7.05. The van der Waals surface area contributed by atoms with Gasteiger partial charge in [-0.1, -0.05) is 64.7 Å². The van der Waals surface area contributed by atoms with E-state index < -0.39 is 0 Å². The van der Waals surface area contributed by atoms with Crippen LogP contribution < -0.4 is 0 Å². The molecule has 0 saturated heterocycles. The van der Waals surface area contributed by atoms with Gasteiger partial charge < -0.3 is 0 Å². The largest absolute Gasteiger partial charge is 0.299 e. The molecule has 2 atom stereocenters. The number of carbonyl (C=O) groups excluding carboxylic acids is 1. The van der Waals surface area contributed by atoms with Crippen LogP contribution in [0.5, 0.6) is 0 Å². The number of carbonyl (C=O) groups is 1. The average molecular weight is 305 g/mol. The Balaban J connectivity index is 1.57. The van der Waals surface area contributed by atoms with Crippen LogP contribution in [0, 0.1) is 29.6 Å². The van der Waals surface area contributed by atoms with Crippen molar-refractivity contribution in [3.63, 3.8) is 0 Å². The van der Waals surface area contributed by atoms with E-state index in [1.807, 2.05) is 0 Å². The Morgan fingerprint density at radius 3 is 2.14 bits per heavy atom. The summed E-state index contributed by atoms with van der Waals surface area (Å²) in [6, 6.07) is 0. The molecule has 3 saturated carbocycles. The molecule has 0 aliphatic heterocycles. The lowest BCUT2D eigenvalue weighted by Crippen LogP contribution is -2.34. The molecule has 0 spiro atoms. The van der Waals surface area contributed by atoms with Gasteiger partial charge in [-0.25, -0.2) is 0 Å². The van der Waals surface area contributed by atoms with Crippen LogP contribution in [0.3, 0.4) is 0 Å². The predicted molar refractivity (Wildman–Crippen MR) is 92.8 cm³/mol. The fourth-order valence-corrected chi connectivity index (χ4v) is 5.56. The molecule has 0 amide bonds. The zero-order valence-corrected chi connectivity index (χ0v) is 14.7. The number of rotatable bonds is 4. The molecular weight excluding hydrogens is 268 g/mol. The molecule has 0 bridgehead atoms. The van der Waals surface area contributed by atoms with E-state index in [1.165, 1.54) is 89.9 Å². The van der Waals surface area contributed by atoms with Crippen molar-refractivity contribution in [2.75, 3.05) is 0 Å². The lowest BCUT2D eigenvalue weighted by atomic mass is 9.67. The van der Waals surface area contributed by atoms with Crippen molar-refractivity contribution in [3.8, 4) is 0 Å². The maximum atomic E-state index is 13.1. The Labute approximate surface area is 137 Å². The third kappa shape index (κ3) is 4.15. The van der Waals surface area contributed by atoms with Crippen molar-refractivity contribution in [2.24, 2.45) is 29.6 Å². The van der Waals surface area contributed by atoms with E-state index in [4.69, 9.17) is 0 Å². The van der Waals surface area contributed by atoms with Gasteiger partial charge in [0.05, 0.1) is 0 Å². The molecule has 3 fully saturated rings. The second kappa shape index (κ2) is 7.97. The first-order valence-corrected chi connectivity index (χ1v) is 10.3. The fourth-order valence-electron chi connectivity index (χ4n) is 5.56. The molecule has 0 aromatic rings. The maximum Gasteiger partial charge on any atom is 0.139 e. The third-order valence-corrected chi connectivity index (χ3v) is 7.05. The number of ketones is 1. The van der Waals surface area contributed by atoms with Crippen molar-refractivity contribution in [3.05, 3.63) is 0 Å². The summed E-state index contributed by atoms with van der Waals surface area (Å²) in [5.41, 5.74) is 0. The van der Waals surface area contributed by atoms with Crippen LogP contribution in [-0.4, -0.2) is 5.78 Å². The van der Waals surface area contributed by atoms with Crippen LogP contribution in [0.15, 0.2) is 0 Å². The van der Waals surface area contributed by atoms with E-state index >= 15 is 0 Å². The Morgan fingerprint density at radius 1 is 0.773 bits per heavy atom. The van der Waals surface area contributed by atoms with Gasteiger partial charge in [-0.3, -0.25) is 4.79 Å². The number of hydrogen-bond donors (Lipinski definition) is 0. The van der Waals surface area contributed by atoms with Crippen molar-refractivity contribution in [2.45, 2.75) is 96.8 Å².